The molecular weight excluding hydrogens is 459 g/mol. The van der Waals surface area contributed by atoms with Gasteiger partial charge in [0.2, 0.25) is 0 Å². The van der Waals surface area contributed by atoms with Gasteiger partial charge >= 0.3 is 0 Å². The van der Waals surface area contributed by atoms with Gasteiger partial charge in [-0.3, -0.25) is 4.79 Å². The number of ether oxygens (including phenoxy) is 2. The van der Waals surface area contributed by atoms with Crippen molar-refractivity contribution in [3.05, 3.63) is 99.6 Å². The highest BCUT2D eigenvalue weighted by atomic mass is 32.1. The van der Waals surface area contributed by atoms with Crippen LogP contribution in [0.3, 0.4) is 0 Å². The van der Waals surface area contributed by atoms with Crippen LogP contribution in [0.25, 0.3) is 0 Å². The molecule has 2 heterocycles. The van der Waals surface area contributed by atoms with E-state index in [0.29, 0.717) is 17.2 Å². The molecule has 1 N–H and O–H groups in total. The summed E-state index contributed by atoms with van der Waals surface area (Å²) >= 11 is 1.40. The summed E-state index contributed by atoms with van der Waals surface area (Å²) in [6.07, 6.45) is 1.45. The summed E-state index contributed by atoms with van der Waals surface area (Å²) in [6, 6.07) is 14.7. The summed E-state index contributed by atoms with van der Waals surface area (Å²) in [5.41, 5.74) is 2.19. The molecule has 0 spiro atoms. The topological polar surface area (TPSA) is 85.0 Å². The van der Waals surface area contributed by atoms with E-state index in [9.17, 15) is 14.3 Å². The van der Waals surface area contributed by atoms with Gasteiger partial charge in [-0.2, -0.15) is 0 Å². The minimum Gasteiger partial charge on any atom is -0.493 e. The molecule has 0 aliphatic heterocycles. The number of aromatic nitrogens is 1. The van der Waals surface area contributed by atoms with Crippen LogP contribution in [0.15, 0.2) is 70.7 Å². The van der Waals surface area contributed by atoms with Crippen molar-refractivity contribution in [3.63, 3.8) is 0 Å². The fourth-order valence-corrected chi connectivity index (χ4v) is 4.04. The number of methoxy groups -OCH3 is 1. The Balaban J connectivity index is 1.55. The molecule has 0 atom stereocenters. The molecular formula is C25H23FN2O5S. The Kier molecular flexibility index (Phi) is 7.56. The lowest BCUT2D eigenvalue weighted by Crippen LogP contribution is -2.29. The number of nitrogens with zero attached hydrogens (tertiary/aromatic N) is 2. The van der Waals surface area contributed by atoms with Crippen LogP contribution < -0.4 is 9.47 Å². The number of rotatable bonds is 10. The highest BCUT2D eigenvalue weighted by molar-refractivity contribution is 7.09. The average molecular weight is 483 g/mol. The Labute approximate surface area is 200 Å². The maximum atomic E-state index is 13.3. The van der Waals surface area contributed by atoms with Crippen LogP contribution in [0, 0.1) is 5.82 Å². The number of halogens is 1. The first-order valence-corrected chi connectivity index (χ1v) is 11.3. The lowest BCUT2D eigenvalue weighted by atomic mass is 10.1. The Morgan fingerprint density at radius 1 is 1.12 bits per heavy atom. The highest BCUT2D eigenvalue weighted by Crippen LogP contribution is 2.30. The number of furan rings is 1. The van der Waals surface area contributed by atoms with Crippen LogP contribution in [0.4, 0.5) is 4.39 Å². The van der Waals surface area contributed by atoms with Gasteiger partial charge in [-0.05, 0) is 47.5 Å². The number of aliphatic hydroxyl groups is 1. The molecule has 34 heavy (non-hydrogen) atoms. The summed E-state index contributed by atoms with van der Waals surface area (Å²) in [4.78, 5) is 19.0. The van der Waals surface area contributed by atoms with E-state index in [0.717, 1.165) is 16.1 Å². The van der Waals surface area contributed by atoms with Gasteiger partial charge in [-0.15, -0.1) is 11.3 Å². The number of hydrogen-bond donors (Lipinski definition) is 1. The molecule has 0 saturated carbocycles. The molecule has 2 aromatic carbocycles. The molecule has 0 saturated heterocycles. The van der Waals surface area contributed by atoms with Crippen molar-refractivity contribution in [3.8, 4) is 11.5 Å². The van der Waals surface area contributed by atoms with Gasteiger partial charge < -0.3 is 23.9 Å². The van der Waals surface area contributed by atoms with Gasteiger partial charge in [0.15, 0.2) is 17.3 Å². The van der Waals surface area contributed by atoms with Gasteiger partial charge in [0.05, 0.1) is 25.7 Å². The van der Waals surface area contributed by atoms with Gasteiger partial charge in [0, 0.05) is 18.5 Å². The molecule has 1 amide bonds. The molecule has 0 radical (unpaired) electrons. The molecule has 4 aromatic rings. The average Bonchev–Trinajstić information content (AvgIpc) is 3.56. The largest absolute Gasteiger partial charge is 0.493 e. The molecule has 0 bridgehead atoms. The SMILES string of the molecule is COc1ccc(CN(Cc2ccc(F)cc2)C(=O)c2ccco2)cc1OCc1nc(CO)cs1. The van der Waals surface area contributed by atoms with Crippen molar-refractivity contribution in [2.45, 2.75) is 26.3 Å². The summed E-state index contributed by atoms with van der Waals surface area (Å²) in [6.45, 7) is 0.631. The van der Waals surface area contributed by atoms with Gasteiger partial charge in [-0.1, -0.05) is 18.2 Å². The van der Waals surface area contributed by atoms with Gasteiger partial charge in [0.1, 0.15) is 17.4 Å². The van der Waals surface area contributed by atoms with Crippen molar-refractivity contribution in [2.75, 3.05) is 7.11 Å². The third-order valence-electron chi connectivity index (χ3n) is 5.02. The van der Waals surface area contributed by atoms with Crippen LogP contribution in [0.5, 0.6) is 11.5 Å². The molecule has 7 nitrogen and oxygen atoms in total. The van der Waals surface area contributed by atoms with E-state index in [4.69, 9.17) is 13.9 Å². The van der Waals surface area contributed by atoms with Crippen LogP contribution in [0.2, 0.25) is 0 Å². The summed E-state index contributed by atoms with van der Waals surface area (Å²) in [5.74, 6) is 0.650. The first-order chi connectivity index (χ1) is 16.6. The van der Waals surface area contributed by atoms with Crippen molar-refractivity contribution in [2.24, 2.45) is 0 Å². The maximum absolute atomic E-state index is 13.3. The lowest BCUT2D eigenvalue weighted by Gasteiger charge is -2.23. The lowest BCUT2D eigenvalue weighted by molar-refractivity contribution is 0.0697. The molecule has 0 fully saturated rings. The van der Waals surface area contributed by atoms with Crippen LogP contribution in [-0.4, -0.2) is 28.0 Å². The van der Waals surface area contributed by atoms with E-state index in [1.165, 1.54) is 29.7 Å². The Morgan fingerprint density at radius 3 is 2.56 bits per heavy atom. The first kappa shape index (κ1) is 23.5. The number of aliphatic hydroxyl groups excluding tert-OH is 1. The summed E-state index contributed by atoms with van der Waals surface area (Å²) in [7, 11) is 1.55. The van der Waals surface area contributed by atoms with E-state index >= 15 is 0 Å². The van der Waals surface area contributed by atoms with Gasteiger partial charge in [-0.25, -0.2) is 9.37 Å². The number of benzene rings is 2. The second-order valence-electron chi connectivity index (χ2n) is 7.43. The Hall–Kier alpha value is -3.69. The smallest absolute Gasteiger partial charge is 0.290 e. The zero-order valence-corrected chi connectivity index (χ0v) is 19.3. The van der Waals surface area contributed by atoms with E-state index in [1.807, 2.05) is 12.1 Å². The number of hydrogen-bond acceptors (Lipinski definition) is 7. The van der Waals surface area contributed by atoms with E-state index < -0.39 is 0 Å². The second-order valence-corrected chi connectivity index (χ2v) is 8.37. The molecule has 0 aliphatic carbocycles. The minimum atomic E-state index is -0.337. The predicted molar refractivity (Wildman–Crippen MR) is 124 cm³/mol. The number of carbonyl (C=O) groups excluding carboxylic acids is 1. The standard InChI is InChI=1S/C25H23FN2O5S/c1-31-21-9-6-18(11-23(21)33-15-24-27-20(14-29)16-34-24)13-28(25(30)22-3-2-10-32-22)12-17-4-7-19(26)8-5-17/h2-11,16,29H,12-15H2,1H3. The zero-order chi connectivity index (χ0) is 23.9. The maximum Gasteiger partial charge on any atom is 0.290 e. The second kappa shape index (κ2) is 11.0. The van der Waals surface area contributed by atoms with Crippen molar-refractivity contribution < 1.29 is 28.2 Å². The third-order valence-corrected chi connectivity index (χ3v) is 5.89. The molecule has 0 aliphatic rings. The number of amides is 1. The predicted octanol–water partition coefficient (Wildman–Crippen LogP) is 4.80. The number of carbonyl (C=O) groups is 1. The van der Waals surface area contributed by atoms with Gasteiger partial charge in [0.25, 0.3) is 5.91 Å². The fourth-order valence-electron chi connectivity index (χ4n) is 3.35. The van der Waals surface area contributed by atoms with Crippen molar-refractivity contribution in [1.82, 2.24) is 9.88 Å². The normalized spacial score (nSPS) is 10.8. The van der Waals surface area contributed by atoms with E-state index in [1.54, 1.807) is 47.7 Å². The van der Waals surface area contributed by atoms with E-state index in [2.05, 4.69) is 4.98 Å². The third kappa shape index (κ3) is 5.81. The number of thiazole rings is 1. The molecule has 4 rings (SSSR count). The Morgan fingerprint density at radius 2 is 1.88 bits per heavy atom. The minimum absolute atomic E-state index is 0.122. The van der Waals surface area contributed by atoms with Crippen LogP contribution in [-0.2, 0) is 26.3 Å². The highest BCUT2D eigenvalue weighted by Gasteiger charge is 2.20. The first-order valence-electron chi connectivity index (χ1n) is 10.5. The van der Waals surface area contributed by atoms with E-state index in [-0.39, 0.29) is 43.8 Å². The van der Waals surface area contributed by atoms with Crippen LogP contribution >= 0.6 is 11.3 Å². The van der Waals surface area contributed by atoms with Crippen molar-refractivity contribution in [1.29, 1.82) is 0 Å². The molecule has 9 heteroatoms. The molecule has 0 unspecified atom stereocenters. The summed E-state index contributed by atoms with van der Waals surface area (Å²) in [5, 5.41) is 11.7. The quantitative estimate of drug-likeness (QED) is 0.350. The summed E-state index contributed by atoms with van der Waals surface area (Å²) < 4.78 is 30.0. The molecule has 176 valence electrons. The Bertz CT molecular complexity index is 1220. The zero-order valence-electron chi connectivity index (χ0n) is 18.4. The van der Waals surface area contributed by atoms with Crippen LogP contribution in [0.1, 0.15) is 32.4 Å². The molecule has 2 aromatic heterocycles. The fraction of sp³-hybridized carbons (Fsp3) is 0.200. The van der Waals surface area contributed by atoms with Crippen molar-refractivity contribution >= 4 is 17.2 Å². The monoisotopic (exact) mass is 482 g/mol.